The second kappa shape index (κ2) is 6.42. The summed E-state index contributed by atoms with van der Waals surface area (Å²) in [5.74, 6) is 0.208. The summed E-state index contributed by atoms with van der Waals surface area (Å²) in [7, 11) is -3.39. The van der Waals surface area contributed by atoms with Gasteiger partial charge < -0.3 is 4.42 Å². The average Bonchev–Trinajstić information content (AvgIpc) is 2.78. The van der Waals surface area contributed by atoms with E-state index in [1.54, 1.807) is 38.1 Å². The molecule has 0 aliphatic heterocycles. The Labute approximate surface area is 134 Å². The molecule has 122 valence electrons. The maximum Gasteiger partial charge on any atom is 0.229 e. The van der Waals surface area contributed by atoms with E-state index in [0.717, 1.165) is 11.8 Å². The van der Waals surface area contributed by atoms with Crippen LogP contribution in [0.5, 0.6) is 0 Å². The Balaban J connectivity index is 2.50. The van der Waals surface area contributed by atoms with Gasteiger partial charge in [0.2, 0.25) is 10.0 Å². The van der Waals surface area contributed by atoms with Crippen LogP contribution in [-0.2, 0) is 10.0 Å². The molecule has 0 aliphatic carbocycles. The molecule has 6 heteroatoms. The number of sulfonamides is 1. The smallest absolute Gasteiger partial charge is 0.229 e. The lowest BCUT2D eigenvalue weighted by molar-refractivity contribution is 0.544. The molecule has 1 heterocycles. The third-order valence-corrected chi connectivity index (χ3v) is 3.67. The third-order valence-electron chi connectivity index (χ3n) is 3.08. The number of hydrogen-bond acceptors (Lipinski definition) is 3. The van der Waals surface area contributed by atoms with E-state index in [1.165, 1.54) is 12.1 Å². The van der Waals surface area contributed by atoms with E-state index in [2.05, 4.69) is 11.3 Å². The summed E-state index contributed by atoms with van der Waals surface area (Å²) in [5, 5.41) is 0.610. The number of hydrogen-bond donors (Lipinski definition) is 1. The lowest BCUT2D eigenvalue weighted by Gasteiger charge is -2.06. The second-order valence-electron chi connectivity index (χ2n) is 5.44. The van der Waals surface area contributed by atoms with Gasteiger partial charge in [0.25, 0.3) is 0 Å². The van der Waals surface area contributed by atoms with E-state index in [9.17, 15) is 12.8 Å². The lowest BCUT2D eigenvalue weighted by atomic mass is 10.2. The van der Waals surface area contributed by atoms with Crippen LogP contribution in [0.4, 0.5) is 4.39 Å². The van der Waals surface area contributed by atoms with Crippen LogP contribution in [0.25, 0.3) is 24.0 Å². The van der Waals surface area contributed by atoms with Crippen molar-refractivity contribution in [1.82, 2.24) is 4.72 Å². The van der Waals surface area contributed by atoms with Crippen LogP contribution >= 0.6 is 0 Å². The van der Waals surface area contributed by atoms with E-state index in [1.807, 2.05) is 0 Å². The number of benzene rings is 1. The Hall–Kier alpha value is -2.34. The monoisotopic (exact) mass is 335 g/mol. The second-order valence-corrected chi connectivity index (χ2v) is 7.19. The van der Waals surface area contributed by atoms with E-state index in [4.69, 9.17) is 4.42 Å². The van der Waals surface area contributed by atoms with Crippen molar-refractivity contribution in [2.24, 2.45) is 0 Å². The molecule has 1 aromatic heterocycles. The van der Waals surface area contributed by atoms with Crippen LogP contribution in [0.15, 0.2) is 46.0 Å². The van der Waals surface area contributed by atoms with Gasteiger partial charge in [-0.2, -0.15) is 0 Å². The van der Waals surface area contributed by atoms with Crippen molar-refractivity contribution in [2.45, 2.75) is 13.8 Å². The Morgan fingerprint density at radius 3 is 2.39 bits per heavy atom. The maximum atomic E-state index is 13.0. The molecule has 4 nitrogen and oxygen atoms in total. The molecule has 0 atom stereocenters. The normalized spacial score (nSPS) is 12.3. The Kier molecular flexibility index (Phi) is 4.75. The van der Waals surface area contributed by atoms with Crippen molar-refractivity contribution >= 4 is 22.7 Å². The molecule has 2 rings (SSSR count). The summed E-state index contributed by atoms with van der Waals surface area (Å²) < 4.78 is 44.0. The number of halogens is 1. The van der Waals surface area contributed by atoms with Crippen LogP contribution in [0.1, 0.15) is 13.8 Å². The zero-order valence-corrected chi connectivity index (χ0v) is 14.0. The quantitative estimate of drug-likeness (QED) is 0.931. The Morgan fingerprint density at radius 1 is 1.26 bits per heavy atom. The van der Waals surface area contributed by atoms with Crippen molar-refractivity contribution in [1.29, 1.82) is 0 Å². The summed E-state index contributed by atoms with van der Waals surface area (Å²) in [6, 6.07) is 7.62. The standard InChI is InChI=1S/C17H18FNO3S/c1-11(2)15(19-23(4,20)21)10-16-12(3)9-17(22-16)13-5-7-14(18)8-6-13/h5-10,19H,3H2,1-2,4H3/b16-10+. The highest BCUT2D eigenvalue weighted by atomic mass is 32.2. The SMILES string of the molecule is C=c1cc(-c2ccc(F)cc2)o/c1=C/C(NS(C)(=O)=O)=C(C)C. The fourth-order valence-electron chi connectivity index (χ4n) is 1.93. The van der Waals surface area contributed by atoms with Gasteiger partial charge in [-0.05, 0) is 44.2 Å². The molecule has 0 amide bonds. The number of rotatable bonds is 4. The zero-order chi connectivity index (χ0) is 17.2. The van der Waals surface area contributed by atoms with Crippen LogP contribution in [0, 0.1) is 5.82 Å². The van der Waals surface area contributed by atoms with Gasteiger partial charge in [0.1, 0.15) is 17.0 Å². The first-order chi connectivity index (χ1) is 10.7. The third kappa shape index (κ3) is 4.56. The first-order valence-electron chi connectivity index (χ1n) is 6.87. The summed E-state index contributed by atoms with van der Waals surface area (Å²) in [6.07, 6.45) is 2.67. The highest BCUT2D eigenvalue weighted by molar-refractivity contribution is 7.88. The lowest BCUT2D eigenvalue weighted by Crippen LogP contribution is -2.25. The van der Waals surface area contributed by atoms with Crippen molar-refractivity contribution in [3.8, 4) is 11.3 Å². The molecule has 0 radical (unpaired) electrons. The Bertz CT molecular complexity index is 950. The van der Waals surface area contributed by atoms with Gasteiger partial charge in [-0.1, -0.05) is 12.2 Å². The first-order valence-corrected chi connectivity index (χ1v) is 8.76. The van der Waals surface area contributed by atoms with Crippen molar-refractivity contribution in [3.63, 3.8) is 0 Å². The van der Waals surface area contributed by atoms with Gasteiger partial charge in [0, 0.05) is 16.9 Å². The van der Waals surface area contributed by atoms with Crippen LogP contribution < -0.4 is 15.4 Å². The molecule has 1 N–H and O–H groups in total. The fraction of sp³-hybridized carbons (Fsp3) is 0.176. The minimum atomic E-state index is -3.39. The molecule has 0 saturated heterocycles. The highest BCUT2D eigenvalue weighted by Gasteiger charge is 2.07. The van der Waals surface area contributed by atoms with Gasteiger partial charge in [-0.25, -0.2) is 12.8 Å². The van der Waals surface area contributed by atoms with Crippen LogP contribution in [-0.4, -0.2) is 14.7 Å². The van der Waals surface area contributed by atoms with E-state index >= 15 is 0 Å². The van der Waals surface area contributed by atoms with Gasteiger partial charge >= 0.3 is 0 Å². The fourth-order valence-corrected chi connectivity index (χ4v) is 2.59. The minimum Gasteiger partial charge on any atom is -0.456 e. The molecule has 0 fully saturated rings. The molecule has 1 aromatic carbocycles. The molecule has 0 bridgehead atoms. The van der Waals surface area contributed by atoms with Crippen LogP contribution in [0.2, 0.25) is 0 Å². The molecule has 0 unspecified atom stereocenters. The number of allylic oxidation sites excluding steroid dienone is 2. The molecule has 0 spiro atoms. The Morgan fingerprint density at radius 2 is 1.87 bits per heavy atom. The van der Waals surface area contributed by atoms with Crippen LogP contribution in [0.3, 0.4) is 0 Å². The summed E-state index contributed by atoms with van der Waals surface area (Å²) in [6.45, 7) is 7.47. The largest absolute Gasteiger partial charge is 0.456 e. The van der Waals surface area contributed by atoms with Gasteiger partial charge in [-0.15, -0.1) is 0 Å². The molecular weight excluding hydrogens is 317 g/mol. The summed E-state index contributed by atoms with van der Waals surface area (Å²) >= 11 is 0. The molecular formula is C17H18FNO3S. The predicted molar refractivity (Wildman–Crippen MR) is 89.7 cm³/mol. The maximum absolute atomic E-state index is 13.0. The first kappa shape index (κ1) is 17.0. The number of furan rings is 1. The topological polar surface area (TPSA) is 59.3 Å². The van der Waals surface area contributed by atoms with Crippen molar-refractivity contribution in [3.05, 3.63) is 58.1 Å². The average molecular weight is 335 g/mol. The molecule has 23 heavy (non-hydrogen) atoms. The van der Waals surface area contributed by atoms with E-state index in [-0.39, 0.29) is 5.82 Å². The van der Waals surface area contributed by atoms with Gasteiger partial charge in [-0.3, -0.25) is 4.72 Å². The van der Waals surface area contributed by atoms with Crippen molar-refractivity contribution in [2.75, 3.05) is 6.26 Å². The van der Waals surface area contributed by atoms with Gasteiger partial charge in [0.05, 0.1) is 12.0 Å². The minimum absolute atomic E-state index is 0.328. The summed E-state index contributed by atoms with van der Waals surface area (Å²) in [4.78, 5) is 0. The van der Waals surface area contributed by atoms with E-state index < -0.39 is 10.0 Å². The van der Waals surface area contributed by atoms with Crippen molar-refractivity contribution < 1.29 is 17.2 Å². The molecule has 0 aliphatic rings. The molecule has 2 aromatic rings. The molecule has 0 saturated carbocycles. The number of nitrogens with one attached hydrogen (secondary N) is 1. The van der Waals surface area contributed by atoms with Gasteiger partial charge in [0.15, 0.2) is 0 Å². The van der Waals surface area contributed by atoms with E-state index in [0.29, 0.717) is 27.7 Å². The zero-order valence-electron chi connectivity index (χ0n) is 13.2. The predicted octanol–water partition coefficient (Wildman–Crippen LogP) is 2.12. The highest BCUT2D eigenvalue weighted by Crippen LogP contribution is 2.16. The summed E-state index contributed by atoms with van der Waals surface area (Å²) in [5.41, 5.74) is 2.37.